The molecule has 18 heteroatoms. The Morgan fingerprint density at radius 2 is 1.51 bits per heavy atom. The number of aromatic nitrogens is 2. The predicted octanol–water partition coefficient (Wildman–Crippen LogP) is 5.22. The fraction of sp³-hybridized carbons (Fsp3) is 0.280. The van der Waals surface area contributed by atoms with Crippen LogP contribution in [0.1, 0.15) is 5.56 Å². The molecule has 0 atom stereocenters. The van der Waals surface area contributed by atoms with Gasteiger partial charge >= 0.3 is 30.3 Å². The van der Waals surface area contributed by atoms with Gasteiger partial charge in [0.2, 0.25) is 0 Å². The number of carbonyl (C=O) groups is 3. The first-order valence-corrected chi connectivity index (χ1v) is 11.5. The number of ether oxygens (including phenoxy) is 1. The summed E-state index contributed by atoms with van der Waals surface area (Å²) in [4.78, 5) is 33.7. The summed E-state index contributed by atoms with van der Waals surface area (Å²) in [5.74, 6) is -5.32. The Hall–Kier alpha value is -5.03. The highest BCUT2D eigenvalue weighted by atomic mass is 19.4. The summed E-state index contributed by atoms with van der Waals surface area (Å²) >= 11 is 0. The van der Waals surface area contributed by atoms with E-state index in [4.69, 9.17) is 24.5 Å². The Labute approximate surface area is 239 Å². The number of nitrogens with zero attached hydrogens (tertiary/aromatic N) is 3. The van der Waals surface area contributed by atoms with Gasteiger partial charge in [-0.1, -0.05) is 12.1 Å². The first kappa shape index (κ1) is 36.0. The molecule has 2 aromatic carbocycles. The highest BCUT2D eigenvalue weighted by molar-refractivity contribution is 5.94. The fourth-order valence-electron chi connectivity index (χ4n) is 2.96. The summed E-state index contributed by atoms with van der Waals surface area (Å²) in [6.45, 7) is 0.356. The molecule has 1 aromatic heterocycles. The van der Waals surface area contributed by atoms with Gasteiger partial charge in [0, 0.05) is 39.4 Å². The smallest absolute Gasteiger partial charge is 0.490 e. The maximum Gasteiger partial charge on any atom is 0.490 e. The fourth-order valence-corrected chi connectivity index (χ4v) is 2.96. The van der Waals surface area contributed by atoms with E-state index in [-0.39, 0.29) is 5.69 Å². The average Bonchev–Trinajstić information content (AvgIpc) is 3.44. The van der Waals surface area contributed by atoms with Gasteiger partial charge in [0.05, 0.1) is 19.0 Å². The second kappa shape index (κ2) is 15.3. The van der Waals surface area contributed by atoms with Crippen molar-refractivity contribution in [3.05, 3.63) is 60.2 Å². The van der Waals surface area contributed by atoms with Crippen LogP contribution in [0.25, 0.3) is 11.1 Å². The normalized spacial score (nSPS) is 10.8. The van der Waals surface area contributed by atoms with Crippen molar-refractivity contribution in [2.45, 2.75) is 18.9 Å². The molecular weight excluding hydrogens is 599 g/mol. The molecule has 0 saturated carbocycles. The third-order valence-corrected chi connectivity index (χ3v) is 5.00. The molecule has 4 N–H and O–H groups in total. The van der Waals surface area contributed by atoms with Crippen molar-refractivity contribution in [3.8, 4) is 16.9 Å². The number of nitrogens with one attached hydrogen (secondary N) is 2. The van der Waals surface area contributed by atoms with Gasteiger partial charge in [-0.25, -0.2) is 18.8 Å². The van der Waals surface area contributed by atoms with Gasteiger partial charge in [-0.3, -0.25) is 5.10 Å². The minimum Gasteiger partial charge on any atom is -0.497 e. The molecule has 0 aliphatic carbocycles. The minimum atomic E-state index is -5.08. The van der Waals surface area contributed by atoms with E-state index < -0.39 is 36.1 Å². The van der Waals surface area contributed by atoms with E-state index in [1.165, 1.54) is 11.0 Å². The van der Waals surface area contributed by atoms with E-state index >= 15 is 0 Å². The second-order valence-corrected chi connectivity index (χ2v) is 8.48. The van der Waals surface area contributed by atoms with Crippen molar-refractivity contribution >= 4 is 29.3 Å². The highest BCUT2D eigenvalue weighted by Crippen LogP contribution is 2.33. The number of carboxylic acids is 2. The monoisotopic (exact) mass is 625 g/mol. The van der Waals surface area contributed by atoms with E-state index in [0.717, 1.165) is 11.1 Å². The zero-order valence-electron chi connectivity index (χ0n) is 22.8. The number of urea groups is 1. The Balaban J connectivity index is 0.000000548. The maximum absolute atomic E-state index is 14.9. The van der Waals surface area contributed by atoms with E-state index in [0.29, 0.717) is 23.5 Å². The molecule has 0 aliphatic rings. The lowest BCUT2D eigenvalue weighted by Crippen LogP contribution is -2.31. The maximum atomic E-state index is 14.9. The van der Waals surface area contributed by atoms with Crippen LogP contribution in [-0.2, 0) is 16.1 Å². The molecule has 0 bridgehead atoms. The molecule has 2 amide bonds. The highest BCUT2D eigenvalue weighted by Gasteiger charge is 2.38. The molecule has 43 heavy (non-hydrogen) atoms. The third kappa shape index (κ3) is 11.8. The number of hydrogen-bond acceptors (Lipinski definition) is 6. The number of H-pyrrole nitrogens is 1. The van der Waals surface area contributed by atoms with Gasteiger partial charge in [-0.2, -0.15) is 31.4 Å². The van der Waals surface area contributed by atoms with Gasteiger partial charge < -0.3 is 30.1 Å². The Morgan fingerprint density at radius 1 is 0.953 bits per heavy atom. The van der Waals surface area contributed by atoms with Crippen LogP contribution >= 0.6 is 0 Å². The Kier molecular flexibility index (Phi) is 12.8. The first-order valence-electron chi connectivity index (χ1n) is 11.5. The lowest BCUT2D eigenvalue weighted by Gasteiger charge is -2.23. The average molecular weight is 625 g/mol. The molecular formula is C25H26F7N5O6. The minimum absolute atomic E-state index is 0.129. The number of alkyl halides is 6. The quantitative estimate of drug-likeness (QED) is 0.273. The summed E-state index contributed by atoms with van der Waals surface area (Å²) in [7, 11) is 6.84. The van der Waals surface area contributed by atoms with Gasteiger partial charge in [0.15, 0.2) is 0 Å². The molecule has 3 rings (SSSR count). The number of carboxylic acid groups (broad SMARTS) is 2. The van der Waals surface area contributed by atoms with Gasteiger partial charge in [0.1, 0.15) is 17.3 Å². The standard InChI is InChI=1S/C21H24FN5O2.2C2HF3O2/c1-26(2)19-10-15(16-11-23-24-12-16)9-18(22)20(19)25-21(28)27(3)13-14-6-5-7-17(8-14)29-4;2*3-2(4,5)1(6)7/h5-12H,13H2,1-4H3,(H,23,24)(H,25,28);2*(H,6,7). The number of aromatic amines is 1. The van der Waals surface area contributed by atoms with Crippen LogP contribution in [0.5, 0.6) is 5.75 Å². The number of benzene rings is 2. The van der Waals surface area contributed by atoms with E-state index in [1.807, 2.05) is 30.3 Å². The molecule has 0 radical (unpaired) electrons. The molecule has 1 heterocycles. The van der Waals surface area contributed by atoms with Crippen molar-refractivity contribution in [1.29, 1.82) is 0 Å². The second-order valence-electron chi connectivity index (χ2n) is 8.48. The van der Waals surface area contributed by atoms with Crippen LogP contribution in [0.4, 0.5) is 46.9 Å². The summed E-state index contributed by atoms with van der Waals surface area (Å²) in [5.41, 5.74) is 3.03. The summed E-state index contributed by atoms with van der Waals surface area (Å²) < 4.78 is 83.6. The van der Waals surface area contributed by atoms with E-state index in [9.17, 15) is 35.5 Å². The topological polar surface area (TPSA) is 148 Å². The van der Waals surface area contributed by atoms with Crippen molar-refractivity contribution in [2.24, 2.45) is 0 Å². The van der Waals surface area contributed by atoms with Crippen LogP contribution < -0.4 is 15.0 Å². The van der Waals surface area contributed by atoms with Crippen molar-refractivity contribution in [2.75, 3.05) is 38.5 Å². The molecule has 0 spiro atoms. The SMILES string of the molecule is COc1cccc(CN(C)C(=O)Nc2c(F)cc(-c3cn[nH]c3)cc2N(C)C)c1.O=C(O)C(F)(F)F.O=C(O)C(F)(F)F. The largest absolute Gasteiger partial charge is 0.497 e. The summed E-state index contributed by atoms with van der Waals surface area (Å²) in [5, 5.41) is 23.6. The molecule has 3 aromatic rings. The third-order valence-electron chi connectivity index (χ3n) is 5.00. The summed E-state index contributed by atoms with van der Waals surface area (Å²) in [6.07, 6.45) is -6.86. The molecule has 0 aliphatic heterocycles. The predicted molar refractivity (Wildman–Crippen MR) is 139 cm³/mol. The van der Waals surface area contributed by atoms with Crippen LogP contribution in [0.15, 0.2) is 48.8 Å². The van der Waals surface area contributed by atoms with Crippen LogP contribution in [0, 0.1) is 5.82 Å². The molecule has 0 unspecified atom stereocenters. The van der Waals surface area contributed by atoms with Crippen LogP contribution in [-0.4, -0.2) is 83.9 Å². The summed E-state index contributed by atoms with van der Waals surface area (Å²) in [6, 6.07) is 10.2. The zero-order valence-corrected chi connectivity index (χ0v) is 22.8. The number of hydrogen-bond donors (Lipinski definition) is 4. The number of anilines is 2. The van der Waals surface area contributed by atoms with Gasteiger partial charge in [-0.15, -0.1) is 0 Å². The van der Waals surface area contributed by atoms with Crippen LogP contribution in [0.3, 0.4) is 0 Å². The molecule has 0 fully saturated rings. The Morgan fingerprint density at radius 3 is 1.95 bits per heavy atom. The zero-order chi connectivity index (χ0) is 33.1. The number of aliphatic carboxylic acids is 2. The molecule has 236 valence electrons. The van der Waals surface area contributed by atoms with E-state index in [2.05, 4.69) is 15.5 Å². The van der Waals surface area contributed by atoms with Crippen molar-refractivity contribution < 1.29 is 60.1 Å². The van der Waals surface area contributed by atoms with Crippen molar-refractivity contribution in [1.82, 2.24) is 15.1 Å². The number of amides is 2. The van der Waals surface area contributed by atoms with Crippen LogP contribution in [0.2, 0.25) is 0 Å². The van der Waals surface area contributed by atoms with Crippen molar-refractivity contribution in [3.63, 3.8) is 0 Å². The van der Waals surface area contributed by atoms with E-state index in [1.54, 1.807) is 45.5 Å². The number of rotatable bonds is 6. The van der Waals surface area contributed by atoms with Gasteiger partial charge in [-0.05, 0) is 35.4 Å². The molecule has 11 nitrogen and oxygen atoms in total. The number of methoxy groups -OCH3 is 1. The lowest BCUT2D eigenvalue weighted by molar-refractivity contribution is -0.193. The molecule has 0 saturated heterocycles. The lowest BCUT2D eigenvalue weighted by atomic mass is 10.1. The van der Waals surface area contributed by atoms with Gasteiger partial charge in [0.25, 0.3) is 0 Å². The number of halogens is 7. The first-order chi connectivity index (χ1) is 19.8. The number of carbonyl (C=O) groups excluding carboxylic acids is 1. The Bertz CT molecular complexity index is 1360.